The number of nitrogens with zero attached hydrogens (tertiary/aromatic N) is 3. The molecule has 5 nitrogen and oxygen atoms in total. The molecule has 1 aromatic carbocycles. The van der Waals surface area contributed by atoms with Gasteiger partial charge in [-0.05, 0) is 26.0 Å². The fourth-order valence-corrected chi connectivity index (χ4v) is 2.11. The lowest BCUT2D eigenvalue weighted by atomic mass is 10.1. The van der Waals surface area contributed by atoms with Crippen molar-refractivity contribution in [2.45, 2.75) is 26.5 Å². The van der Waals surface area contributed by atoms with Gasteiger partial charge in [-0.15, -0.1) is 0 Å². The quantitative estimate of drug-likeness (QED) is 0.798. The van der Waals surface area contributed by atoms with Crippen molar-refractivity contribution < 1.29 is 9.84 Å². The predicted molar refractivity (Wildman–Crippen MR) is 80.4 cm³/mol. The summed E-state index contributed by atoms with van der Waals surface area (Å²) in [5, 5.41) is 14.7. The van der Waals surface area contributed by atoms with Crippen LogP contribution in [0.3, 0.4) is 0 Å². The van der Waals surface area contributed by atoms with Crippen LogP contribution in [0.2, 0.25) is 0 Å². The first-order chi connectivity index (χ1) is 10.2. The highest BCUT2D eigenvalue weighted by Crippen LogP contribution is 2.27. The number of rotatable bonds is 4. The number of benzene rings is 1. The van der Waals surface area contributed by atoms with Gasteiger partial charge in [-0.25, -0.2) is 4.98 Å². The fraction of sp³-hybridized carbons (Fsp3) is 0.250. The monoisotopic (exact) mass is 283 g/mol. The zero-order valence-electron chi connectivity index (χ0n) is 12.0. The lowest BCUT2D eigenvalue weighted by molar-refractivity contribution is 0.275. The van der Waals surface area contributed by atoms with Crippen LogP contribution in [0.4, 0.5) is 0 Å². The van der Waals surface area contributed by atoms with Gasteiger partial charge in [0.15, 0.2) is 5.75 Å². The van der Waals surface area contributed by atoms with Gasteiger partial charge in [-0.3, -0.25) is 4.68 Å². The maximum Gasteiger partial charge on any atom is 0.225 e. The van der Waals surface area contributed by atoms with Gasteiger partial charge in [0.05, 0.1) is 24.5 Å². The summed E-state index contributed by atoms with van der Waals surface area (Å²) in [5.74, 6) is 1.03. The lowest BCUT2D eigenvalue weighted by Gasteiger charge is -2.09. The Bertz CT molecular complexity index is 765. The minimum absolute atomic E-state index is 0.120. The first-order valence-corrected chi connectivity index (χ1v) is 6.89. The van der Waals surface area contributed by atoms with E-state index in [0.717, 1.165) is 10.9 Å². The number of aliphatic hydroxyl groups excluding tert-OH is 1. The Kier molecular flexibility index (Phi) is 3.58. The second kappa shape index (κ2) is 5.54. The molecule has 0 aliphatic heterocycles. The van der Waals surface area contributed by atoms with Gasteiger partial charge >= 0.3 is 0 Å². The molecule has 5 heteroatoms. The number of ether oxygens (including phenoxy) is 1. The smallest absolute Gasteiger partial charge is 0.225 e. The van der Waals surface area contributed by atoms with Crippen molar-refractivity contribution in [3.8, 4) is 11.6 Å². The van der Waals surface area contributed by atoms with Crippen LogP contribution in [0.1, 0.15) is 25.5 Å². The summed E-state index contributed by atoms with van der Waals surface area (Å²) in [5.41, 5.74) is 1.49. The Balaban J connectivity index is 1.98. The fourth-order valence-electron chi connectivity index (χ4n) is 2.11. The SMILES string of the molecule is CC(C)n1cc(Oc2nc3ccccc3cc2CO)cn1. The average molecular weight is 283 g/mol. The molecule has 1 N–H and O–H groups in total. The molecule has 108 valence electrons. The van der Waals surface area contributed by atoms with E-state index < -0.39 is 0 Å². The standard InChI is InChI=1S/C16H17N3O2/c1-11(2)19-9-14(8-17-19)21-16-13(10-20)7-12-5-3-4-6-15(12)18-16/h3-9,11,20H,10H2,1-2H3. The third-order valence-electron chi connectivity index (χ3n) is 3.25. The maximum atomic E-state index is 9.51. The summed E-state index contributed by atoms with van der Waals surface area (Å²) in [6.07, 6.45) is 3.47. The predicted octanol–water partition coefficient (Wildman–Crippen LogP) is 3.30. The number of para-hydroxylation sites is 1. The topological polar surface area (TPSA) is 60.2 Å². The summed E-state index contributed by atoms with van der Waals surface area (Å²) in [6.45, 7) is 3.97. The Labute approximate surface area is 122 Å². The van der Waals surface area contributed by atoms with Crippen molar-refractivity contribution in [2.24, 2.45) is 0 Å². The van der Waals surface area contributed by atoms with E-state index >= 15 is 0 Å². The van der Waals surface area contributed by atoms with E-state index in [1.54, 1.807) is 6.20 Å². The molecule has 3 aromatic rings. The molecule has 3 rings (SSSR count). The van der Waals surface area contributed by atoms with Crippen LogP contribution >= 0.6 is 0 Å². The third kappa shape index (κ3) is 2.73. The largest absolute Gasteiger partial charge is 0.435 e. The first-order valence-electron chi connectivity index (χ1n) is 6.89. The molecular formula is C16H17N3O2. The van der Waals surface area contributed by atoms with E-state index in [-0.39, 0.29) is 12.6 Å². The van der Waals surface area contributed by atoms with Crippen molar-refractivity contribution in [1.82, 2.24) is 14.8 Å². The van der Waals surface area contributed by atoms with Crippen LogP contribution in [-0.2, 0) is 6.61 Å². The van der Waals surface area contributed by atoms with E-state index in [0.29, 0.717) is 17.2 Å². The van der Waals surface area contributed by atoms with Gasteiger partial charge in [0, 0.05) is 17.0 Å². The van der Waals surface area contributed by atoms with Crippen molar-refractivity contribution in [3.05, 3.63) is 48.3 Å². The molecule has 2 heterocycles. The highest BCUT2D eigenvalue weighted by atomic mass is 16.5. The Morgan fingerprint density at radius 2 is 2.10 bits per heavy atom. The molecule has 0 unspecified atom stereocenters. The molecule has 0 spiro atoms. The van der Waals surface area contributed by atoms with Gasteiger partial charge in [-0.2, -0.15) is 5.10 Å². The number of fused-ring (bicyclic) bond motifs is 1. The Hall–Kier alpha value is -2.40. The highest BCUT2D eigenvalue weighted by molar-refractivity contribution is 5.80. The van der Waals surface area contributed by atoms with E-state index in [4.69, 9.17) is 4.74 Å². The molecule has 0 amide bonds. The number of hydrogen-bond donors (Lipinski definition) is 1. The lowest BCUT2D eigenvalue weighted by Crippen LogP contribution is -2.00. The van der Waals surface area contributed by atoms with Crippen LogP contribution in [0.25, 0.3) is 10.9 Å². The van der Waals surface area contributed by atoms with Crippen LogP contribution < -0.4 is 4.74 Å². The molecule has 0 aliphatic rings. The van der Waals surface area contributed by atoms with Crippen molar-refractivity contribution in [3.63, 3.8) is 0 Å². The summed E-state index contributed by atoms with van der Waals surface area (Å²) in [7, 11) is 0. The number of hydrogen-bond acceptors (Lipinski definition) is 4. The van der Waals surface area contributed by atoms with E-state index in [1.807, 2.05) is 55.1 Å². The van der Waals surface area contributed by atoms with Crippen molar-refractivity contribution >= 4 is 10.9 Å². The second-order valence-electron chi connectivity index (χ2n) is 5.16. The molecule has 0 saturated carbocycles. The van der Waals surface area contributed by atoms with Crippen LogP contribution in [0.5, 0.6) is 11.6 Å². The normalized spacial score (nSPS) is 11.2. The highest BCUT2D eigenvalue weighted by Gasteiger charge is 2.10. The number of pyridine rings is 1. The molecule has 0 fully saturated rings. The van der Waals surface area contributed by atoms with Gasteiger partial charge < -0.3 is 9.84 Å². The third-order valence-corrected chi connectivity index (χ3v) is 3.25. The van der Waals surface area contributed by atoms with Gasteiger partial charge in [0.1, 0.15) is 0 Å². The zero-order chi connectivity index (χ0) is 14.8. The van der Waals surface area contributed by atoms with Crippen LogP contribution in [0, 0.1) is 0 Å². The van der Waals surface area contributed by atoms with E-state index in [2.05, 4.69) is 10.1 Å². The molecule has 0 aliphatic carbocycles. The molecule has 0 bridgehead atoms. The summed E-state index contributed by atoms with van der Waals surface area (Å²) in [4.78, 5) is 4.48. The van der Waals surface area contributed by atoms with E-state index in [9.17, 15) is 5.11 Å². The molecule has 21 heavy (non-hydrogen) atoms. The zero-order valence-corrected chi connectivity index (χ0v) is 12.0. The minimum atomic E-state index is -0.120. The molecule has 0 radical (unpaired) electrons. The molecular weight excluding hydrogens is 266 g/mol. The Morgan fingerprint density at radius 1 is 1.29 bits per heavy atom. The molecule has 2 aromatic heterocycles. The van der Waals surface area contributed by atoms with Gasteiger partial charge in [0.25, 0.3) is 0 Å². The van der Waals surface area contributed by atoms with Crippen LogP contribution in [-0.4, -0.2) is 19.9 Å². The van der Waals surface area contributed by atoms with Crippen molar-refractivity contribution in [1.29, 1.82) is 0 Å². The number of aliphatic hydroxyl groups is 1. The average Bonchev–Trinajstić information content (AvgIpc) is 2.95. The molecule has 0 saturated heterocycles. The summed E-state index contributed by atoms with van der Waals surface area (Å²) < 4.78 is 7.60. The number of aromatic nitrogens is 3. The maximum absolute atomic E-state index is 9.51. The first kappa shape index (κ1) is 13.6. The summed E-state index contributed by atoms with van der Waals surface area (Å²) in [6, 6.07) is 9.91. The minimum Gasteiger partial charge on any atom is -0.435 e. The van der Waals surface area contributed by atoms with Crippen LogP contribution in [0.15, 0.2) is 42.7 Å². The summed E-state index contributed by atoms with van der Waals surface area (Å²) >= 11 is 0. The Morgan fingerprint density at radius 3 is 2.81 bits per heavy atom. The van der Waals surface area contributed by atoms with Gasteiger partial charge in [-0.1, -0.05) is 18.2 Å². The van der Waals surface area contributed by atoms with Crippen molar-refractivity contribution in [2.75, 3.05) is 0 Å². The van der Waals surface area contributed by atoms with E-state index in [1.165, 1.54) is 0 Å². The second-order valence-corrected chi connectivity index (χ2v) is 5.16. The van der Waals surface area contributed by atoms with Gasteiger partial charge in [0.2, 0.25) is 5.88 Å². The molecule has 0 atom stereocenters.